The van der Waals surface area contributed by atoms with Gasteiger partial charge in [-0.1, -0.05) is 19.2 Å². The molecule has 0 aliphatic heterocycles. The molecule has 3 heteroatoms. The third kappa shape index (κ3) is 9.34. The number of likely N-dealkylation sites (N-methyl/N-ethyl adjacent to an activating group) is 1. The van der Waals surface area contributed by atoms with E-state index in [2.05, 4.69) is 18.1 Å². The molecule has 0 aliphatic rings. The molecule has 0 heterocycles. The van der Waals surface area contributed by atoms with E-state index in [1.54, 1.807) is 6.08 Å². The molecule has 0 aliphatic carbocycles. The summed E-state index contributed by atoms with van der Waals surface area (Å²) < 4.78 is 5.18. The van der Waals surface area contributed by atoms with E-state index < -0.39 is 5.60 Å². The minimum Gasteiger partial charge on any atom is -0.457 e. The van der Waals surface area contributed by atoms with Crippen LogP contribution in [-0.2, 0) is 9.53 Å². The molecule has 0 rings (SSSR count). The van der Waals surface area contributed by atoms with Crippen LogP contribution in [0.15, 0.2) is 48.1 Å². The van der Waals surface area contributed by atoms with Crippen LogP contribution in [0.3, 0.4) is 0 Å². The molecule has 0 aromatic heterocycles. The molecular formula is C17H27NO2. The Morgan fingerprint density at radius 3 is 2.20 bits per heavy atom. The zero-order chi connectivity index (χ0) is 15.9. The largest absolute Gasteiger partial charge is 0.457 e. The lowest BCUT2D eigenvalue weighted by Gasteiger charge is -2.17. The highest BCUT2D eigenvalue weighted by Gasteiger charge is 2.13. The molecule has 0 saturated heterocycles. The molecule has 0 spiro atoms. The molecular weight excluding hydrogens is 250 g/mol. The molecule has 0 unspecified atom stereocenters. The van der Waals surface area contributed by atoms with Gasteiger partial charge >= 0.3 is 5.97 Å². The highest BCUT2D eigenvalue weighted by molar-refractivity contribution is 5.83. The lowest BCUT2D eigenvalue weighted by Crippen LogP contribution is -2.22. The molecule has 0 N–H and O–H groups in total. The van der Waals surface area contributed by atoms with Gasteiger partial charge in [-0.05, 0) is 64.6 Å². The number of carbonyl (C=O) groups is 1. The monoisotopic (exact) mass is 277 g/mol. The van der Waals surface area contributed by atoms with Gasteiger partial charge in [0.25, 0.3) is 0 Å². The van der Waals surface area contributed by atoms with Gasteiger partial charge < -0.3 is 9.64 Å². The van der Waals surface area contributed by atoms with Crippen LogP contribution < -0.4 is 0 Å². The van der Waals surface area contributed by atoms with Crippen LogP contribution in [-0.4, -0.2) is 37.1 Å². The van der Waals surface area contributed by atoms with E-state index in [0.29, 0.717) is 0 Å². The van der Waals surface area contributed by atoms with E-state index in [9.17, 15) is 4.79 Å². The van der Waals surface area contributed by atoms with Crippen LogP contribution >= 0.6 is 0 Å². The Morgan fingerprint density at radius 2 is 1.75 bits per heavy atom. The van der Waals surface area contributed by atoms with Gasteiger partial charge in [0.2, 0.25) is 0 Å². The van der Waals surface area contributed by atoms with Gasteiger partial charge in [0.15, 0.2) is 0 Å². The summed E-state index contributed by atoms with van der Waals surface area (Å²) in [7, 11) is 3.99. The molecule has 0 fully saturated rings. The molecule has 0 amide bonds. The first-order valence-corrected chi connectivity index (χ1v) is 6.62. The fraction of sp³-hybridized carbons (Fsp3) is 0.471. The first-order valence-electron chi connectivity index (χ1n) is 6.62. The van der Waals surface area contributed by atoms with Crippen molar-refractivity contribution in [2.45, 2.75) is 33.3 Å². The SMILES string of the molecule is C=C(C=CC(=O)OC(C)(C)C)C=C(C)C(=C)CN(C)C. The van der Waals surface area contributed by atoms with Crippen LogP contribution in [0.4, 0.5) is 0 Å². The highest BCUT2D eigenvalue weighted by atomic mass is 16.6. The molecule has 20 heavy (non-hydrogen) atoms. The summed E-state index contributed by atoms with van der Waals surface area (Å²) in [6.07, 6.45) is 4.96. The number of allylic oxidation sites excluding steroid dienone is 3. The summed E-state index contributed by atoms with van der Waals surface area (Å²) in [5, 5.41) is 0. The summed E-state index contributed by atoms with van der Waals surface area (Å²) in [6, 6.07) is 0. The average molecular weight is 277 g/mol. The first-order chi connectivity index (χ1) is 9.01. The number of esters is 1. The zero-order valence-corrected chi connectivity index (χ0v) is 13.6. The van der Waals surface area contributed by atoms with Gasteiger partial charge in [-0.2, -0.15) is 0 Å². The van der Waals surface area contributed by atoms with Crippen molar-refractivity contribution in [2.75, 3.05) is 20.6 Å². The van der Waals surface area contributed by atoms with Gasteiger partial charge in [-0.25, -0.2) is 4.79 Å². The van der Waals surface area contributed by atoms with Crippen LogP contribution in [0.2, 0.25) is 0 Å². The van der Waals surface area contributed by atoms with E-state index >= 15 is 0 Å². The average Bonchev–Trinajstić information content (AvgIpc) is 2.23. The molecule has 112 valence electrons. The zero-order valence-electron chi connectivity index (χ0n) is 13.6. The van der Waals surface area contributed by atoms with E-state index in [0.717, 1.165) is 23.3 Å². The first kappa shape index (κ1) is 18.4. The van der Waals surface area contributed by atoms with Crippen molar-refractivity contribution in [1.82, 2.24) is 4.90 Å². The van der Waals surface area contributed by atoms with Crippen molar-refractivity contribution in [3.05, 3.63) is 48.1 Å². The van der Waals surface area contributed by atoms with Crippen molar-refractivity contribution >= 4 is 5.97 Å². The maximum atomic E-state index is 11.5. The van der Waals surface area contributed by atoms with Crippen molar-refractivity contribution < 1.29 is 9.53 Å². The predicted octanol–water partition coefficient (Wildman–Crippen LogP) is 3.50. The molecule has 0 aromatic rings. The smallest absolute Gasteiger partial charge is 0.331 e. The van der Waals surface area contributed by atoms with Gasteiger partial charge in [0.05, 0.1) is 0 Å². The van der Waals surface area contributed by atoms with E-state index in [-0.39, 0.29) is 5.97 Å². The maximum Gasteiger partial charge on any atom is 0.331 e. The van der Waals surface area contributed by atoms with Crippen molar-refractivity contribution in [3.8, 4) is 0 Å². The van der Waals surface area contributed by atoms with Gasteiger partial charge in [0, 0.05) is 12.6 Å². The van der Waals surface area contributed by atoms with Gasteiger partial charge in [-0.3, -0.25) is 0 Å². The molecule has 0 saturated carbocycles. The van der Waals surface area contributed by atoms with Crippen LogP contribution in [0.1, 0.15) is 27.7 Å². The summed E-state index contributed by atoms with van der Waals surface area (Å²) in [6.45, 7) is 16.2. The Morgan fingerprint density at radius 1 is 1.20 bits per heavy atom. The summed E-state index contributed by atoms with van der Waals surface area (Å²) in [5.74, 6) is -0.364. The van der Waals surface area contributed by atoms with Crippen molar-refractivity contribution in [3.63, 3.8) is 0 Å². The number of hydrogen-bond acceptors (Lipinski definition) is 3. The third-order valence-corrected chi connectivity index (χ3v) is 2.31. The number of ether oxygens (including phenoxy) is 1. The van der Waals surface area contributed by atoms with E-state index in [4.69, 9.17) is 4.74 Å². The predicted molar refractivity (Wildman–Crippen MR) is 85.6 cm³/mol. The number of rotatable bonds is 6. The Balaban J connectivity index is 4.55. The fourth-order valence-corrected chi connectivity index (χ4v) is 1.45. The number of hydrogen-bond donors (Lipinski definition) is 0. The van der Waals surface area contributed by atoms with Crippen LogP contribution in [0.5, 0.6) is 0 Å². The van der Waals surface area contributed by atoms with Gasteiger partial charge in [-0.15, -0.1) is 0 Å². The van der Waals surface area contributed by atoms with Crippen molar-refractivity contribution in [1.29, 1.82) is 0 Å². The standard InChI is InChI=1S/C17H27NO2/c1-13(9-10-16(19)20-17(4,5)6)11-14(2)15(3)12-18(7)8/h9-11H,1,3,12H2,2,4-8H3. The Labute approximate surface area is 123 Å². The fourth-order valence-electron chi connectivity index (χ4n) is 1.45. The second kappa shape index (κ2) is 7.85. The summed E-state index contributed by atoms with van der Waals surface area (Å²) in [5.41, 5.74) is 2.35. The number of carbonyl (C=O) groups excluding carboxylic acids is 1. The molecule has 0 bridgehead atoms. The minimum atomic E-state index is -0.478. The second-order valence-corrected chi connectivity index (χ2v) is 6.11. The highest BCUT2D eigenvalue weighted by Crippen LogP contribution is 2.12. The molecule has 3 nitrogen and oxygen atoms in total. The Kier molecular flexibility index (Phi) is 7.22. The normalized spacial score (nSPS) is 12.8. The minimum absolute atomic E-state index is 0.364. The van der Waals surface area contributed by atoms with Crippen molar-refractivity contribution in [2.24, 2.45) is 0 Å². The van der Waals surface area contributed by atoms with Gasteiger partial charge in [0.1, 0.15) is 5.60 Å². The topological polar surface area (TPSA) is 29.5 Å². The summed E-state index contributed by atoms with van der Waals surface area (Å²) in [4.78, 5) is 13.6. The maximum absolute atomic E-state index is 11.5. The molecule has 0 radical (unpaired) electrons. The summed E-state index contributed by atoms with van der Waals surface area (Å²) >= 11 is 0. The lowest BCUT2D eigenvalue weighted by molar-refractivity contribution is -0.148. The number of nitrogens with zero attached hydrogens (tertiary/aromatic N) is 1. The van der Waals surface area contributed by atoms with Crippen LogP contribution in [0.25, 0.3) is 0 Å². The third-order valence-electron chi connectivity index (χ3n) is 2.31. The van der Waals surface area contributed by atoms with E-state index in [1.807, 2.05) is 47.9 Å². The lowest BCUT2D eigenvalue weighted by atomic mass is 10.1. The van der Waals surface area contributed by atoms with Crippen LogP contribution in [0, 0.1) is 0 Å². The Hall–Kier alpha value is -1.61. The molecule has 0 atom stereocenters. The second-order valence-electron chi connectivity index (χ2n) is 6.11. The van der Waals surface area contributed by atoms with E-state index in [1.165, 1.54) is 6.08 Å². The molecule has 0 aromatic carbocycles. The quantitative estimate of drug-likeness (QED) is 0.423. The Bertz CT molecular complexity index is 434.